The highest BCUT2D eigenvalue weighted by Crippen LogP contribution is 2.46. The lowest BCUT2D eigenvalue weighted by Gasteiger charge is -2.36. The number of halogens is 1. The van der Waals surface area contributed by atoms with Crippen LogP contribution in [0, 0.1) is 6.92 Å². The van der Waals surface area contributed by atoms with E-state index in [1.807, 2.05) is 43.3 Å². The first-order valence-corrected chi connectivity index (χ1v) is 17.0. The molecule has 2 aromatic carbocycles. The van der Waals surface area contributed by atoms with Gasteiger partial charge in [-0.3, -0.25) is 9.69 Å². The summed E-state index contributed by atoms with van der Waals surface area (Å²) in [4.78, 5) is 37.1. The van der Waals surface area contributed by atoms with E-state index in [1.54, 1.807) is 32.6 Å². The number of urea groups is 1. The summed E-state index contributed by atoms with van der Waals surface area (Å²) in [7, 11) is 3.31. The van der Waals surface area contributed by atoms with Crippen LogP contribution in [0.5, 0.6) is 5.88 Å². The maximum absolute atomic E-state index is 13.0. The third-order valence-corrected chi connectivity index (χ3v) is 10.8. The van der Waals surface area contributed by atoms with Crippen LogP contribution in [0.15, 0.2) is 65.7 Å². The molecule has 2 fully saturated rings. The molecule has 8 rings (SSSR count). The van der Waals surface area contributed by atoms with Crippen LogP contribution in [-0.2, 0) is 13.5 Å². The standard InChI is InChI=1S/C37H37ClN8O3/c1-21-24(6-5-9-27(21)42-33-31-23(12-15-39-33)19-41-45(2)35(31)47)25-7-4-8-26(32(25)38)28-18-22-10-11-29(30(22)34(43-28)49-3)46-17-14-37(20-46)13-16-40-36(48)44-37/h4-9,12,15,18-19,29H,10-11,13-14,16-17,20H2,1-3H3,(H,39,42)(H2,40,44,48)/t29-,37?/m0/s1. The quantitative estimate of drug-likeness (QED) is 0.203. The van der Waals surface area contributed by atoms with Gasteiger partial charge in [-0.25, -0.2) is 19.4 Å². The van der Waals surface area contributed by atoms with Gasteiger partial charge in [-0.15, -0.1) is 0 Å². The first-order valence-electron chi connectivity index (χ1n) is 16.6. The second-order valence-electron chi connectivity index (χ2n) is 13.2. The lowest BCUT2D eigenvalue weighted by molar-refractivity contribution is 0.187. The summed E-state index contributed by atoms with van der Waals surface area (Å²) in [6, 6.07) is 16.0. The van der Waals surface area contributed by atoms with Crippen molar-refractivity contribution in [3.63, 3.8) is 0 Å². The Labute approximate surface area is 288 Å². The lowest BCUT2D eigenvalue weighted by Crippen LogP contribution is -2.59. The number of amides is 2. The largest absolute Gasteiger partial charge is 0.481 e. The van der Waals surface area contributed by atoms with E-state index in [0.29, 0.717) is 34.0 Å². The van der Waals surface area contributed by atoms with Gasteiger partial charge in [0.1, 0.15) is 5.82 Å². The second kappa shape index (κ2) is 12.2. The molecule has 5 heterocycles. The number of nitrogens with zero attached hydrogens (tertiary/aromatic N) is 5. The van der Waals surface area contributed by atoms with Crippen LogP contribution in [0.2, 0.25) is 5.02 Å². The number of carbonyl (C=O) groups is 1. The Balaban J connectivity index is 1.11. The van der Waals surface area contributed by atoms with E-state index >= 15 is 0 Å². The molecule has 11 nitrogen and oxygen atoms in total. The zero-order valence-electron chi connectivity index (χ0n) is 27.6. The summed E-state index contributed by atoms with van der Waals surface area (Å²) in [5, 5.41) is 15.4. The van der Waals surface area contributed by atoms with Crippen LogP contribution in [0.4, 0.5) is 16.3 Å². The molecular formula is C37H37ClN8O3. The van der Waals surface area contributed by atoms with E-state index in [2.05, 4.69) is 37.0 Å². The van der Waals surface area contributed by atoms with Gasteiger partial charge in [-0.1, -0.05) is 41.9 Å². The molecule has 5 aromatic rings. The smallest absolute Gasteiger partial charge is 0.315 e. The number of fused-ring (bicyclic) bond motifs is 2. The zero-order valence-corrected chi connectivity index (χ0v) is 28.4. The van der Waals surface area contributed by atoms with Gasteiger partial charge < -0.3 is 20.7 Å². The fraction of sp³-hybridized carbons (Fsp3) is 0.324. The Morgan fingerprint density at radius 3 is 2.73 bits per heavy atom. The lowest BCUT2D eigenvalue weighted by atomic mass is 9.93. The van der Waals surface area contributed by atoms with Crippen molar-refractivity contribution in [3.05, 3.63) is 93.0 Å². The molecule has 1 aliphatic carbocycles. The summed E-state index contributed by atoms with van der Waals surface area (Å²) in [6.07, 6.45) is 7.08. The molecule has 1 unspecified atom stereocenters. The molecule has 2 atom stereocenters. The fourth-order valence-corrected chi connectivity index (χ4v) is 8.20. The monoisotopic (exact) mass is 676 g/mol. The molecule has 0 saturated carbocycles. The molecule has 3 aromatic heterocycles. The van der Waals surface area contributed by atoms with Crippen molar-refractivity contribution in [1.82, 2.24) is 35.3 Å². The number of aryl methyl sites for hydroxylation is 2. The number of benzene rings is 2. The Morgan fingerprint density at radius 2 is 1.90 bits per heavy atom. The van der Waals surface area contributed by atoms with Crippen molar-refractivity contribution >= 4 is 39.9 Å². The fourth-order valence-electron chi connectivity index (χ4n) is 7.88. The molecule has 3 N–H and O–H groups in total. The first kappa shape index (κ1) is 31.3. The number of ether oxygens (including phenoxy) is 1. The number of methoxy groups -OCH3 is 1. The van der Waals surface area contributed by atoms with Crippen LogP contribution in [0.3, 0.4) is 0 Å². The van der Waals surface area contributed by atoms with Gasteiger partial charge in [0.15, 0.2) is 0 Å². The summed E-state index contributed by atoms with van der Waals surface area (Å²) in [6.45, 7) is 4.47. The van der Waals surface area contributed by atoms with Gasteiger partial charge in [0.25, 0.3) is 5.56 Å². The summed E-state index contributed by atoms with van der Waals surface area (Å²) >= 11 is 7.24. The van der Waals surface area contributed by atoms with Crippen molar-refractivity contribution in [2.45, 2.75) is 44.2 Å². The predicted octanol–water partition coefficient (Wildman–Crippen LogP) is 5.91. The SMILES string of the molecule is COc1nc(-c2cccc(-c3cccc(Nc4nccc5cnn(C)c(=O)c45)c3C)c2Cl)cc2c1[C@@H](N1CCC3(CCNC(=O)N3)C1)CC2. The highest BCUT2D eigenvalue weighted by Gasteiger charge is 2.45. The molecule has 12 heteroatoms. The third-order valence-electron chi connectivity index (χ3n) is 10.4. The average molecular weight is 677 g/mol. The Morgan fingerprint density at radius 1 is 1.08 bits per heavy atom. The predicted molar refractivity (Wildman–Crippen MR) is 191 cm³/mol. The number of rotatable bonds is 6. The minimum absolute atomic E-state index is 0.0761. The Kier molecular flexibility index (Phi) is 7.76. The average Bonchev–Trinajstić information content (AvgIpc) is 3.71. The number of nitrogens with one attached hydrogen (secondary N) is 3. The number of hydrogen-bond donors (Lipinski definition) is 3. The molecule has 49 heavy (non-hydrogen) atoms. The number of carbonyl (C=O) groups excluding carboxylic acids is 1. The van der Waals surface area contributed by atoms with Gasteiger partial charge in [0.2, 0.25) is 5.88 Å². The zero-order chi connectivity index (χ0) is 33.9. The minimum Gasteiger partial charge on any atom is -0.481 e. The first-order chi connectivity index (χ1) is 23.7. The van der Waals surface area contributed by atoms with Gasteiger partial charge in [-0.05, 0) is 67.5 Å². The number of hydrogen-bond acceptors (Lipinski definition) is 8. The highest BCUT2D eigenvalue weighted by molar-refractivity contribution is 6.36. The van der Waals surface area contributed by atoms with Gasteiger partial charge in [-0.2, -0.15) is 5.10 Å². The third kappa shape index (κ3) is 5.37. The summed E-state index contributed by atoms with van der Waals surface area (Å²) < 4.78 is 7.26. The van der Waals surface area contributed by atoms with E-state index in [-0.39, 0.29) is 23.2 Å². The Hall–Kier alpha value is -5.00. The van der Waals surface area contributed by atoms with E-state index in [9.17, 15) is 9.59 Å². The molecule has 2 saturated heterocycles. The number of pyridine rings is 2. The molecule has 250 valence electrons. The molecule has 1 spiro atoms. The van der Waals surface area contributed by atoms with Crippen molar-refractivity contribution in [2.24, 2.45) is 7.05 Å². The van der Waals surface area contributed by atoms with Crippen LogP contribution >= 0.6 is 11.6 Å². The van der Waals surface area contributed by atoms with Crippen molar-refractivity contribution in [1.29, 1.82) is 0 Å². The molecule has 0 radical (unpaired) electrons. The number of likely N-dealkylation sites (tertiary alicyclic amines) is 1. The Bertz CT molecular complexity index is 2200. The van der Waals surface area contributed by atoms with E-state index in [0.717, 1.165) is 78.0 Å². The number of aromatic nitrogens is 4. The maximum Gasteiger partial charge on any atom is 0.315 e. The van der Waals surface area contributed by atoms with Crippen molar-refractivity contribution < 1.29 is 9.53 Å². The molecule has 3 aliphatic rings. The van der Waals surface area contributed by atoms with E-state index in [1.165, 1.54) is 10.2 Å². The van der Waals surface area contributed by atoms with Crippen molar-refractivity contribution in [2.75, 3.05) is 32.1 Å². The van der Waals surface area contributed by atoms with Crippen LogP contribution in [0.1, 0.15) is 42.0 Å². The summed E-state index contributed by atoms with van der Waals surface area (Å²) in [5.74, 6) is 1.09. The van der Waals surface area contributed by atoms with Crippen LogP contribution in [0.25, 0.3) is 33.2 Å². The van der Waals surface area contributed by atoms with Crippen LogP contribution in [-0.4, -0.2) is 63.0 Å². The van der Waals surface area contributed by atoms with Crippen LogP contribution < -0.4 is 26.2 Å². The molecule has 2 aliphatic heterocycles. The van der Waals surface area contributed by atoms with Crippen molar-refractivity contribution in [3.8, 4) is 28.3 Å². The summed E-state index contributed by atoms with van der Waals surface area (Å²) in [5.41, 5.74) is 7.15. The molecule has 2 amide bonds. The number of anilines is 2. The maximum atomic E-state index is 13.0. The second-order valence-corrected chi connectivity index (χ2v) is 13.6. The van der Waals surface area contributed by atoms with Gasteiger partial charge in [0, 0.05) is 66.7 Å². The van der Waals surface area contributed by atoms with Gasteiger partial charge in [0.05, 0.1) is 34.9 Å². The van der Waals surface area contributed by atoms with Gasteiger partial charge >= 0.3 is 6.03 Å². The minimum atomic E-state index is -0.221. The normalized spacial score (nSPS) is 20.3. The molecular weight excluding hydrogens is 640 g/mol. The molecule has 0 bridgehead atoms. The topological polar surface area (TPSA) is 126 Å². The van der Waals surface area contributed by atoms with E-state index < -0.39 is 0 Å². The van der Waals surface area contributed by atoms with E-state index in [4.69, 9.17) is 21.3 Å². The highest BCUT2D eigenvalue weighted by atomic mass is 35.5.